The summed E-state index contributed by atoms with van der Waals surface area (Å²) in [5.41, 5.74) is -1.24. The molecule has 1 unspecified atom stereocenters. The highest BCUT2D eigenvalue weighted by atomic mass is 16.3. The van der Waals surface area contributed by atoms with Crippen molar-refractivity contribution in [1.29, 1.82) is 0 Å². The molecule has 1 fully saturated rings. The number of amides is 1. The van der Waals surface area contributed by atoms with Crippen molar-refractivity contribution in [2.24, 2.45) is 0 Å². The second-order valence-corrected chi connectivity index (χ2v) is 4.64. The summed E-state index contributed by atoms with van der Waals surface area (Å²) >= 11 is 0. The van der Waals surface area contributed by atoms with Crippen LogP contribution in [0.3, 0.4) is 0 Å². The minimum absolute atomic E-state index is 0.169. The number of nitrogens with zero attached hydrogens (tertiary/aromatic N) is 2. The van der Waals surface area contributed by atoms with Gasteiger partial charge in [-0.25, -0.2) is 0 Å². The third-order valence-corrected chi connectivity index (χ3v) is 2.77. The summed E-state index contributed by atoms with van der Waals surface area (Å²) in [4.78, 5) is 15.7. The lowest BCUT2D eigenvalue weighted by molar-refractivity contribution is -0.150. The standard InChI is InChI=1S/C10H20N2O2/c1-8-7-12(6-5-11(8)4)9(13)10(2,3)14/h8,14H,5-7H2,1-4H3. The molecule has 1 N–H and O–H groups in total. The number of carbonyl (C=O) groups excluding carboxylic acids is 1. The average molecular weight is 200 g/mol. The number of likely N-dealkylation sites (N-methyl/N-ethyl adjacent to an activating group) is 1. The maximum absolute atomic E-state index is 11.7. The van der Waals surface area contributed by atoms with Gasteiger partial charge in [-0.15, -0.1) is 0 Å². The first kappa shape index (κ1) is 11.5. The first-order chi connectivity index (χ1) is 6.32. The molecule has 0 aromatic rings. The summed E-state index contributed by atoms with van der Waals surface area (Å²) < 4.78 is 0. The average Bonchev–Trinajstić information content (AvgIpc) is 2.07. The molecule has 0 aliphatic carbocycles. The molecule has 1 saturated heterocycles. The molecule has 4 nitrogen and oxygen atoms in total. The van der Waals surface area contributed by atoms with Gasteiger partial charge in [-0.05, 0) is 27.8 Å². The molecule has 0 bridgehead atoms. The number of hydrogen-bond donors (Lipinski definition) is 1. The van der Waals surface area contributed by atoms with Crippen LogP contribution in [-0.4, -0.2) is 59.1 Å². The maximum Gasteiger partial charge on any atom is 0.254 e. The molecule has 1 atom stereocenters. The highest BCUT2D eigenvalue weighted by Gasteiger charge is 2.32. The molecule has 1 amide bonds. The summed E-state index contributed by atoms with van der Waals surface area (Å²) in [5, 5.41) is 9.59. The smallest absolute Gasteiger partial charge is 0.254 e. The molecule has 1 heterocycles. The zero-order valence-corrected chi connectivity index (χ0v) is 9.45. The van der Waals surface area contributed by atoms with Gasteiger partial charge < -0.3 is 14.9 Å². The van der Waals surface area contributed by atoms with Crippen molar-refractivity contribution < 1.29 is 9.90 Å². The van der Waals surface area contributed by atoms with E-state index >= 15 is 0 Å². The lowest BCUT2D eigenvalue weighted by Crippen LogP contribution is -2.56. The fraction of sp³-hybridized carbons (Fsp3) is 0.900. The third-order valence-electron chi connectivity index (χ3n) is 2.77. The van der Waals surface area contributed by atoms with E-state index in [9.17, 15) is 9.90 Å². The molecule has 0 aromatic heterocycles. The molecule has 82 valence electrons. The Morgan fingerprint density at radius 1 is 1.43 bits per heavy atom. The van der Waals surface area contributed by atoms with Crippen molar-refractivity contribution in [3.63, 3.8) is 0 Å². The highest BCUT2D eigenvalue weighted by Crippen LogP contribution is 2.12. The minimum Gasteiger partial charge on any atom is -0.381 e. The van der Waals surface area contributed by atoms with Gasteiger partial charge >= 0.3 is 0 Å². The number of aliphatic hydroxyl groups is 1. The second kappa shape index (κ2) is 3.87. The van der Waals surface area contributed by atoms with Crippen molar-refractivity contribution >= 4 is 5.91 Å². The number of rotatable bonds is 1. The van der Waals surface area contributed by atoms with E-state index in [0.717, 1.165) is 6.54 Å². The number of hydrogen-bond acceptors (Lipinski definition) is 3. The van der Waals surface area contributed by atoms with Crippen molar-refractivity contribution in [2.45, 2.75) is 32.4 Å². The van der Waals surface area contributed by atoms with Crippen LogP contribution in [0.2, 0.25) is 0 Å². The lowest BCUT2D eigenvalue weighted by atomic mass is 10.1. The normalized spacial score (nSPS) is 25.2. The molecule has 1 rings (SSSR count). The molecule has 1 aliphatic heterocycles. The van der Waals surface area contributed by atoms with Gasteiger partial charge in [0.05, 0.1) is 0 Å². The van der Waals surface area contributed by atoms with Gasteiger partial charge in [0.15, 0.2) is 0 Å². The zero-order valence-electron chi connectivity index (χ0n) is 9.45. The van der Waals surface area contributed by atoms with Gasteiger partial charge in [-0.3, -0.25) is 4.79 Å². The lowest BCUT2D eigenvalue weighted by Gasteiger charge is -2.39. The van der Waals surface area contributed by atoms with E-state index < -0.39 is 5.60 Å². The van der Waals surface area contributed by atoms with E-state index in [2.05, 4.69) is 18.9 Å². The van der Waals surface area contributed by atoms with Crippen molar-refractivity contribution in [3.05, 3.63) is 0 Å². The summed E-state index contributed by atoms with van der Waals surface area (Å²) in [6.07, 6.45) is 0. The van der Waals surface area contributed by atoms with E-state index in [0.29, 0.717) is 19.1 Å². The minimum atomic E-state index is -1.24. The third kappa shape index (κ3) is 2.45. The molecule has 4 heteroatoms. The number of piperazine rings is 1. The number of carbonyl (C=O) groups is 1. The second-order valence-electron chi connectivity index (χ2n) is 4.64. The first-order valence-electron chi connectivity index (χ1n) is 5.04. The van der Waals surface area contributed by atoms with Crippen molar-refractivity contribution in [3.8, 4) is 0 Å². The summed E-state index contributed by atoms with van der Waals surface area (Å²) in [5.74, 6) is -0.169. The quantitative estimate of drug-likeness (QED) is 0.644. The van der Waals surface area contributed by atoms with Gasteiger partial charge in [0, 0.05) is 25.7 Å². The SMILES string of the molecule is CC1CN(C(=O)C(C)(C)O)CCN1C. The molecular formula is C10H20N2O2. The Labute approximate surface area is 85.5 Å². The van der Waals surface area contributed by atoms with Crippen LogP contribution >= 0.6 is 0 Å². The topological polar surface area (TPSA) is 43.8 Å². The molecular weight excluding hydrogens is 180 g/mol. The van der Waals surface area contributed by atoms with Gasteiger partial charge in [0.2, 0.25) is 0 Å². The Bertz CT molecular complexity index is 223. The van der Waals surface area contributed by atoms with E-state index in [1.165, 1.54) is 0 Å². The van der Waals surface area contributed by atoms with Crippen LogP contribution in [0, 0.1) is 0 Å². The predicted molar refractivity (Wildman–Crippen MR) is 55.0 cm³/mol. The fourth-order valence-electron chi connectivity index (χ4n) is 1.62. The fourth-order valence-corrected chi connectivity index (χ4v) is 1.62. The first-order valence-corrected chi connectivity index (χ1v) is 5.04. The molecule has 0 aromatic carbocycles. The van der Waals surface area contributed by atoms with Crippen LogP contribution in [0.15, 0.2) is 0 Å². The molecule has 14 heavy (non-hydrogen) atoms. The van der Waals surface area contributed by atoms with Crippen LogP contribution in [0.4, 0.5) is 0 Å². The van der Waals surface area contributed by atoms with Crippen molar-refractivity contribution in [1.82, 2.24) is 9.80 Å². The molecule has 0 radical (unpaired) electrons. The van der Waals surface area contributed by atoms with E-state index in [1.54, 1.807) is 18.7 Å². The summed E-state index contributed by atoms with van der Waals surface area (Å²) in [6.45, 7) is 7.46. The summed E-state index contributed by atoms with van der Waals surface area (Å²) in [6, 6.07) is 0.370. The highest BCUT2D eigenvalue weighted by molar-refractivity contribution is 5.84. The predicted octanol–water partition coefficient (Wildman–Crippen LogP) is -0.0802. The van der Waals surface area contributed by atoms with Crippen LogP contribution in [0.5, 0.6) is 0 Å². The Morgan fingerprint density at radius 2 is 2.00 bits per heavy atom. The van der Waals surface area contributed by atoms with Crippen LogP contribution in [0.1, 0.15) is 20.8 Å². The molecule has 1 aliphatic rings. The van der Waals surface area contributed by atoms with Gasteiger partial charge in [-0.1, -0.05) is 0 Å². The van der Waals surface area contributed by atoms with E-state index in [1.807, 2.05) is 0 Å². The van der Waals surface area contributed by atoms with Gasteiger partial charge in [-0.2, -0.15) is 0 Å². The Hall–Kier alpha value is -0.610. The largest absolute Gasteiger partial charge is 0.381 e. The van der Waals surface area contributed by atoms with Gasteiger partial charge in [0.1, 0.15) is 5.60 Å². The Morgan fingerprint density at radius 3 is 2.43 bits per heavy atom. The molecule has 0 saturated carbocycles. The maximum atomic E-state index is 11.7. The van der Waals surface area contributed by atoms with Crippen molar-refractivity contribution in [2.75, 3.05) is 26.7 Å². The van der Waals surface area contributed by atoms with E-state index in [4.69, 9.17) is 0 Å². The zero-order chi connectivity index (χ0) is 10.9. The van der Waals surface area contributed by atoms with Gasteiger partial charge in [0.25, 0.3) is 5.91 Å². The summed E-state index contributed by atoms with van der Waals surface area (Å²) in [7, 11) is 2.05. The van der Waals surface area contributed by atoms with Crippen LogP contribution < -0.4 is 0 Å². The van der Waals surface area contributed by atoms with Crippen LogP contribution in [0.25, 0.3) is 0 Å². The monoisotopic (exact) mass is 200 g/mol. The Balaban J connectivity index is 2.59. The Kier molecular flexibility index (Phi) is 3.17. The molecule has 0 spiro atoms. The van der Waals surface area contributed by atoms with E-state index in [-0.39, 0.29) is 5.91 Å². The van der Waals surface area contributed by atoms with Crippen LogP contribution in [-0.2, 0) is 4.79 Å².